The minimum Gasteiger partial charge on any atom is -0.350 e. The highest BCUT2D eigenvalue weighted by Gasteiger charge is 2.30. The van der Waals surface area contributed by atoms with Crippen LogP contribution in [0.4, 0.5) is 0 Å². The van der Waals surface area contributed by atoms with E-state index in [1.165, 1.54) is 5.56 Å². The van der Waals surface area contributed by atoms with E-state index in [1.54, 1.807) is 0 Å². The molecule has 3 nitrogen and oxygen atoms in total. The summed E-state index contributed by atoms with van der Waals surface area (Å²) in [6.07, 6.45) is 0. The molecule has 0 unspecified atom stereocenters. The maximum atomic E-state index is 8.22. The number of amidine groups is 1. The van der Waals surface area contributed by atoms with E-state index in [9.17, 15) is 0 Å². The number of hydrogen-bond acceptors (Lipinski definition) is 2. The van der Waals surface area contributed by atoms with E-state index < -0.39 is 0 Å². The van der Waals surface area contributed by atoms with E-state index >= 15 is 0 Å². The first kappa shape index (κ1) is 12.1. The first-order valence-electron chi connectivity index (χ1n) is 6.01. The molecular formula is C14H21N3. The Bertz CT molecular complexity index is 435. The molecule has 1 heterocycles. The van der Waals surface area contributed by atoms with E-state index in [2.05, 4.69) is 43.8 Å². The second-order valence-corrected chi connectivity index (χ2v) is 5.57. The van der Waals surface area contributed by atoms with Gasteiger partial charge in [-0.25, -0.2) is 0 Å². The van der Waals surface area contributed by atoms with E-state index in [0.29, 0.717) is 5.84 Å². The number of rotatable bonds is 3. The van der Waals surface area contributed by atoms with Gasteiger partial charge in [-0.05, 0) is 33.5 Å². The SMILES string of the molecule is CN(C)C(C)(C)CN1Cc2ccccc2C1=N. The van der Waals surface area contributed by atoms with Gasteiger partial charge in [0.05, 0.1) is 0 Å². The van der Waals surface area contributed by atoms with Crippen LogP contribution in [0.1, 0.15) is 25.0 Å². The second kappa shape index (κ2) is 4.15. The van der Waals surface area contributed by atoms with Crippen molar-refractivity contribution in [3.05, 3.63) is 35.4 Å². The minimum atomic E-state index is 0.0777. The van der Waals surface area contributed by atoms with E-state index in [4.69, 9.17) is 5.41 Å². The quantitative estimate of drug-likeness (QED) is 0.864. The zero-order valence-corrected chi connectivity index (χ0v) is 11.1. The fourth-order valence-electron chi connectivity index (χ4n) is 2.09. The molecule has 0 atom stereocenters. The molecule has 0 aromatic heterocycles. The van der Waals surface area contributed by atoms with Gasteiger partial charge < -0.3 is 9.80 Å². The molecule has 1 aromatic carbocycles. The summed E-state index contributed by atoms with van der Waals surface area (Å²) < 4.78 is 0. The third-order valence-electron chi connectivity index (χ3n) is 3.74. The molecule has 3 heteroatoms. The highest BCUT2D eigenvalue weighted by atomic mass is 15.2. The molecule has 0 amide bonds. The molecule has 1 N–H and O–H groups in total. The monoisotopic (exact) mass is 231 g/mol. The fraction of sp³-hybridized carbons (Fsp3) is 0.500. The zero-order valence-electron chi connectivity index (χ0n) is 11.1. The Labute approximate surface area is 104 Å². The molecule has 2 rings (SSSR count). The summed E-state index contributed by atoms with van der Waals surface area (Å²) in [6.45, 7) is 6.17. The lowest BCUT2D eigenvalue weighted by Crippen LogP contribution is -2.48. The van der Waals surface area contributed by atoms with Crippen LogP contribution in [0.3, 0.4) is 0 Å². The molecule has 0 saturated heterocycles. The Balaban J connectivity index is 2.16. The third-order valence-corrected chi connectivity index (χ3v) is 3.74. The highest BCUT2D eigenvalue weighted by Crippen LogP contribution is 2.24. The van der Waals surface area contributed by atoms with Crippen LogP contribution in [0.15, 0.2) is 24.3 Å². The van der Waals surface area contributed by atoms with Crippen LogP contribution >= 0.6 is 0 Å². The average molecular weight is 231 g/mol. The Morgan fingerprint density at radius 3 is 2.53 bits per heavy atom. The van der Waals surface area contributed by atoms with Gasteiger partial charge in [0, 0.05) is 24.2 Å². The lowest BCUT2D eigenvalue weighted by molar-refractivity contribution is 0.154. The predicted octanol–water partition coefficient (Wildman–Crippen LogP) is 2.17. The molecule has 17 heavy (non-hydrogen) atoms. The second-order valence-electron chi connectivity index (χ2n) is 5.57. The fourth-order valence-corrected chi connectivity index (χ4v) is 2.09. The van der Waals surface area contributed by atoms with Gasteiger partial charge in [-0.3, -0.25) is 5.41 Å². The first-order valence-corrected chi connectivity index (χ1v) is 6.01. The van der Waals surface area contributed by atoms with Crippen molar-refractivity contribution in [2.45, 2.75) is 25.9 Å². The Hall–Kier alpha value is -1.35. The van der Waals surface area contributed by atoms with Crippen molar-refractivity contribution >= 4 is 5.84 Å². The number of nitrogens with zero attached hydrogens (tertiary/aromatic N) is 2. The van der Waals surface area contributed by atoms with E-state index in [-0.39, 0.29) is 5.54 Å². The topological polar surface area (TPSA) is 30.3 Å². The van der Waals surface area contributed by atoms with Gasteiger partial charge in [-0.2, -0.15) is 0 Å². The molecule has 1 aliphatic heterocycles. The van der Waals surface area contributed by atoms with Crippen molar-refractivity contribution in [3.63, 3.8) is 0 Å². The zero-order chi connectivity index (χ0) is 12.6. The summed E-state index contributed by atoms with van der Waals surface area (Å²) in [4.78, 5) is 4.37. The first-order chi connectivity index (χ1) is 7.92. The van der Waals surface area contributed by atoms with Crippen molar-refractivity contribution in [1.82, 2.24) is 9.80 Å². The molecule has 0 spiro atoms. The Kier molecular flexibility index (Phi) is 2.96. The van der Waals surface area contributed by atoms with Crippen molar-refractivity contribution in [2.24, 2.45) is 0 Å². The Morgan fingerprint density at radius 1 is 1.29 bits per heavy atom. The van der Waals surface area contributed by atoms with Crippen molar-refractivity contribution in [1.29, 1.82) is 5.41 Å². The van der Waals surface area contributed by atoms with Gasteiger partial charge >= 0.3 is 0 Å². The van der Waals surface area contributed by atoms with Crippen LogP contribution in [0.5, 0.6) is 0 Å². The Morgan fingerprint density at radius 2 is 1.94 bits per heavy atom. The summed E-state index contributed by atoms with van der Waals surface area (Å²) in [7, 11) is 4.18. The lowest BCUT2D eigenvalue weighted by Gasteiger charge is -2.36. The van der Waals surface area contributed by atoms with Crippen molar-refractivity contribution in [3.8, 4) is 0 Å². The largest absolute Gasteiger partial charge is 0.350 e. The van der Waals surface area contributed by atoms with Crippen molar-refractivity contribution < 1.29 is 0 Å². The molecular weight excluding hydrogens is 210 g/mol. The van der Waals surface area contributed by atoms with Crippen LogP contribution < -0.4 is 0 Å². The van der Waals surface area contributed by atoms with E-state index in [1.807, 2.05) is 18.2 Å². The van der Waals surface area contributed by atoms with Gasteiger partial charge in [-0.1, -0.05) is 24.3 Å². The maximum Gasteiger partial charge on any atom is 0.128 e. The summed E-state index contributed by atoms with van der Waals surface area (Å²) in [5.74, 6) is 0.663. The van der Waals surface area contributed by atoms with Crippen molar-refractivity contribution in [2.75, 3.05) is 20.6 Å². The summed E-state index contributed by atoms with van der Waals surface area (Å²) >= 11 is 0. The number of nitrogens with one attached hydrogen (secondary N) is 1. The van der Waals surface area contributed by atoms with Crippen LogP contribution in [0, 0.1) is 5.41 Å². The van der Waals surface area contributed by atoms with Gasteiger partial charge in [0.25, 0.3) is 0 Å². The molecule has 0 fully saturated rings. The number of hydrogen-bond donors (Lipinski definition) is 1. The van der Waals surface area contributed by atoms with E-state index in [0.717, 1.165) is 18.7 Å². The molecule has 0 aliphatic carbocycles. The summed E-state index contributed by atoms with van der Waals surface area (Å²) in [5, 5.41) is 8.22. The smallest absolute Gasteiger partial charge is 0.128 e. The predicted molar refractivity (Wildman–Crippen MR) is 71.4 cm³/mol. The lowest BCUT2D eigenvalue weighted by atomic mass is 10.0. The molecule has 92 valence electrons. The minimum absolute atomic E-state index is 0.0777. The summed E-state index contributed by atoms with van der Waals surface area (Å²) in [5.41, 5.74) is 2.43. The third kappa shape index (κ3) is 2.20. The van der Waals surface area contributed by atoms with Crippen LogP contribution in [-0.4, -0.2) is 41.8 Å². The normalized spacial score (nSPS) is 15.6. The number of fused-ring (bicyclic) bond motifs is 1. The van der Waals surface area contributed by atoms with Crippen LogP contribution in [-0.2, 0) is 6.54 Å². The molecule has 1 aliphatic rings. The van der Waals surface area contributed by atoms with Crippen LogP contribution in [0.2, 0.25) is 0 Å². The van der Waals surface area contributed by atoms with Crippen LogP contribution in [0.25, 0.3) is 0 Å². The number of benzene rings is 1. The van der Waals surface area contributed by atoms with Gasteiger partial charge in [0.2, 0.25) is 0 Å². The molecule has 1 aromatic rings. The van der Waals surface area contributed by atoms with Gasteiger partial charge in [-0.15, -0.1) is 0 Å². The summed E-state index contributed by atoms with van der Waals surface area (Å²) in [6, 6.07) is 8.22. The average Bonchev–Trinajstić information content (AvgIpc) is 2.56. The van der Waals surface area contributed by atoms with Gasteiger partial charge in [0.1, 0.15) is 5.84 Å². The molecule has 0 radical (unpaired) electrons. The van der Waals surface area contributed by atoms with Gasteiger partial charge in [0.15, 0.2) is 0 Å². The standard InChI is InChI=1S/C14H21N3/c1-14(2,16(3)4)10-17-9-11-7-5-6-8-12(11)13(17)15/h5-8,15H,9-10H2,1-4H3. The highest BCUT2D eigenvalue weighted by molar-refractivity contribution is 6.00. The molecule has 0 bridgehead atoms. The molecule has 0 saturated carbocycles. The number of likely N-dealkylation sites (N-methyl/N-ethyl adjacent to an activating group) is 1. The maximum absolute atomic E-state index is 8.22.